The van der Waals surface area contributed by atoms with Gasteiger partial charge in [0.15, 0.2) is 0 Å². The van der Waals surface area contributed by atoms with Crippen LogP contribution in [0.5, 0.6) is 0 Å². The Morgan fingerprint density at radius 3 is 1.36 bits per heavy atom. The van der Waals surface area contributed by atoms with Gasteiger partial charge in [-0.1, -0.05) is 35.9 Å². The molecular formula is C7H16N4. The molecule has 11 heavy (non-hydrogen) atoms. The summed E-state index contributed by atoms with van der Waals surface area (Å²) >= 11 is 0. The average molecular weight is 156 g/mol. The fraction of sp³-hybridized carbons (Fsp3) is 0.143. The molecule has 0 heterocycles. The van der Waals surface area contributed by atoms with Crippen LogP contribution >= 0.6 is 0 Å². The lowest BCUT2D eigenvalue weighted by atomic mass is 10.2. The number of rotatable bonds is 0. The van der Waals surface area contributed by atoms with E-state index in [0.29, 0.717) is 0 Å². The van der Waals surface area contributed by atoms with Crippen molar-refractivity contribution in [2.45, 2.75) is 6.92 Å². The zero-order valence-corrected chi connectivity index (χ0v) is 6.70. The van der Waals surface area contributed by atoms with Gasteiger partial charge in [-0.15, -0.1) is 0 Å². The normalized spacial score (nSPS) is 6.64. The quantitative estimate of drug-likeness (QED) is 0.304. The van der Waals surface area contributed by atoms with Gasteiger partial charge in [0.25, 0.3) is 0 Å². The molecule has 4 nitrogen and oxygen atoms in total. The summed E-state index contributed by atoms with van der Waals surface area (Å²) in [5.41, 5.74) is 1.32. The Morgan fingerprint density at radius 1 is 0.818 bits per heavy atom. The predicted octanol–water partition coefficient (Wildman–Crippen LogP) is -0.367. The van der Waals surface area contributed by atoms with Gasteiger partial charge in [-0.2, -0.15) is 0 Å². The first-order chi connectivity index (χ1) is 5.39. The number of benzene rings is 1. The summed E-state index contributed by atoms with van der Waals surface area (Å²) in [4.78, 5) is 0. The first kappa shape index (κ1) is 12.7. The molecule has 0 saturated heterocycles. The van der Waals surface area contributed by atoms with Crippen molar-refractivity contribution in [2.24, 2.45) is 23.4 Å². The van der Waals surface area contributed by atoms with Gasteiger partial charge in [-0.3, -0.25) is 23.4 Å². The predicted molar refractivity (Wildman–Crippen MR) is 47.9 cm³/mol. The molecule has 0 atom stereocenters. The Hall–Kier alpha value is -0.940. The molecule has 0 bridgehead atoms. The molecule has 1 rings (SSSR count). The molecule has 0 aliphatic heterocycles. The van der Waals surface area contributed by atoms with Gasteiger partial charge in [0.05, 0.1) is 0 Å². The molecule has 0 aliphatic rings. The highest BCUT2D eigenvalue weighted by Gasteiger charge is 1.72. The highest BCUT2D eigenvalue weighted by Crippen LogP contribution is 1.92. The maximum atomic E-state index is 4.00. The Kier molecular flexibility index (Phi) is 13.6. The van der Waals surface area contributed by atoms with Gasteiger partial charge < -0.3 is 0 Å². The summed E-state index contributed by atoms with van der Waals surface area (Å²) in [6.45, 7) is 2.08. The van der Waals surface area contributed by atoms with E-state index in [0.717, 1.165) is 0 Å². The van der Waals surface area contributed by atoms with E-state index in [4.69, 9.17) is 0 Å². The van der Waals surface area contributed by atoms with Crippen molar-refractivity contribution in [1.82, 2.24) is 0 Å². The third-order valence-electron chi connectivity index (χ3n) is 0.940. The topological polar surface area (TPSA) is 104 Å². The van der Waals surface area contributed by atoms with Crippen LogP contribution in [0.2, 0.25) is 0 Å². The monoisotopic (exact) mass is 156 g/mol. The second-order valence-electron chi connectivity index (χ2n) is 1.65. The third kappa shape index (κ3) is 9.06. The van der Waals surface area contributed by atoms with Crippen LogP contribution < -0.4 is 23.4 Å². The van der Waals surface area contributed by atoms with E-state index < -0.39 is 0 Å². The van der Waals surface area contributed by atoms with E-state index in [1.807, 2.05) is 18.2 Å². The van der Waals surface area contributed by atoms with Crippen LogP contribution in [-0.4, -0.2) is 0 Å². The Balaban J connectivity index is 0. The minimum absolute atomic E-state index is 1.32. The molecule has 64 valence electrons. The lowest BCUT2D eigenvalue weighted by Crippen LogP contribution is -2.02. The molecule has 1 aromatic carbocycles. The fourth-order valence-corrected chi connectivity index (χ4v) is 0.534. The van der Waals surface area contributed by atoms with Crippen molar-refractivity contribution in [2.75, 3.05) is 0 Å². The summed E-state index contributed by atoms with van der Waals surface area (Å²) in [5, 5.41) is 0. The Labute approximate surface area is 67.1 Å². The molecule has 0 aliphatic carbocycles. The Morgan fingerprint density at radius 2 is 1.18 bits per heavy atom. The minimum atomic E-state index is 1.32. The van der Waals surface area contributed by atoms with Gasteiger partial charge in [0, 0.05) is 0 Å². The van der Waals surface area contributed by atoms with E-state index in [1.54, 1.807) is 0 Å². The first-order valence-corrected chi connectivity index (χ1v) is 3.08. The van der Waals surface area contributed by atoms with Crippen molar-refractivity contribution >= 4 is 0 Å². The second-order valence-corrected chi connectivity index (χ2v) is 1.65. The number of hydrogen-bond acceptors (Lipinski definition) is 4. The zero-order chi connectivity index (χ0) is 9.11. The lowest BCUT2D eigenvalue weighted by molar-refractivity contribution is 1.26. The van der Waals surface area contributed by atoms with Crippen LogP contribution in [0.1, 0.15) is 5.56 Å². The van der Waals surface area contributed by atoms with E-state index >= 15 is 0 Å². The van der Waals surface area contributed by atoms with Gasteiger partial charge in [0.1, 0.15) is 0 Å². The highest BCUT2D eigenvalue weighted by atomic mass is 15.0. The van der Waals surface area contributed by atoms with Crippen molar-refractivity contribution in [1.29, 1.82) is 0 Å². The molecule has 1 aromatic rings. The van der Waals surface area contributed by atoms with Crippen LogP contribution in [0.4, 0.5) is 0 Å². The molecule has 4 heteroatoms. The SMILES string of the molecule is Cc1ccccc1.NN.NN. The summed E-state index contributed by atoms with van der Waals surface area (Å²) in [7, 11) is 0. The molecule has 0 unspecified atom stereocenters. The largest absolute Gasteiger partial charge is 0.274 e. The number of aryl methyl sites for hydroxylation is 1. The molecule has 0 spiro atoms. The average Bonchev–Trinajstić information content (AvgIpc) is 2.13. The minimum Gasteiger partial charge on any atom is -0.274 e. The molecule has 0 saturated carbocycles. The van der Waals surface area contributed by atoms with Crippen LogP contribution in [-0.2, 0) is 0 Å². The molecular weight excluding hydrogens is 140 g/mol. The second kappa shape index (κ2) is 11.8. The molecule has 0 fully saturated rings. The first-order valence-electron chi connectivity index (χ1n) is 3.08. The van der Waals surface area contributed by atoms with Gasteiger partial charge in [0.2, 0.25) is 0 Å². The molecule has 8 N–H and O–H groups in total. The van der Waals surface area contributed by atoms with Crippen molar-refractivity contribution in [3.8, 4) is 0 Å². The van der Waals surface area contributed by atoms with Crippen molar-refractivity contribution in [3.05, 3.63) is 35.9 Å². The Bertz CT molecular complexity index is 140. The van der Waals surface area contributed by atoms with Crippen LogP contribution in [0.25, 0.3) is 0 Å². The van der Waals surface area contributed by atoms with E-state index in [9.17, 15) is 0 Å². The fourth-order valence-electron chi connectivity index (χ4n) is 0.534. The van der Waals surface area contributed by atoms with Crippen LogP contribution in [0, 0.1) is 6.92 Å². The summed E-state index contributed by atoms with van der Waals surface area (Å²) in [6, 6.07) is 10.3. The maximum absolute atomic E-state index is 4.00. The lowest BCUT2D eigenvalue weighted by Gasteiger charge is -1.82. The van der Waals surface area contributed by atoms with Crippen molar-refractivity contribution < 1.29 is 0 Å². The van der Waals surface area contributed by atoms with Gasteiger partial charge >= 0.3 is 0 Å². The van der Waals surface area contributed by atoms with Crippen molar-refractivity contribution in [3.63, 3.8) is 0 Å². The standard InChI is InChI=1S/C7H8.2H4N2/c1-7-5-3-2-4-6-7;2*1-2/h2-6H,1H3;2*1-2H2. The molecule has 0 radical (unpaired) electrons. The van der Waals surface area contributed by atoms with Gasteiger partial charge in [-0.05, 0) is 6.92 Å². The maximum Gasteiger partial charge on any atom is -0.0398 e. The van der Waals surface area contributed by atoms with Crippen LogP contribution in [0.15, 0.2) is 30.3 Å². The van der Waals surface area contributed by atoms with E-state index in [-0.39, 0.29) is 0 Å². The smallest absolute Gasteiger partial charge is 0.0398 e. The highest BCUT2D eigenvalue weighted by molar-refractivity contribution is 5.11. The number of hydrogen-bond donors (Lipinski definition) is 4. The molecule has 0 amide bonds. The third-order valence-corrected chi connectivity index (χ3v) is 0.940. The summed E-state index contributed by atoms with van der Waals surface area (Å²) in [5.74, 6) is 16.0. The molecule has 0 aromatic heterocycles. The van der Waals surface area contributed by atoms with E-state index in [1.165, 1.54) is 5.56 Å². The summed E-state index contributed by atoms with van der Waals surface area (Å²) in [6.07, 6.45) is 0. The van der Waals surface area contributed by atoms with Gasteiger partial charge in [-0.25, -0.2) is 0 Å². The van der Waals surface area contributed by atoms with E-state index in [2.05, 4.69) is 42.4 Å². The number of hydrazine groups is 2. The summed E-state index contributed by atoms with van der Waals surface area (Å²) < 4.78 is 0. The van der Waals surface area contributed by atoms with Crippen LogP contribution in [0.3, 0.4) is 0 Å². The number of nitrogens with two attached hydrogens (primary N) is 4. The zero-order valence-electron chi connectivity index (χ0n) is 6.70.